The van der Waals surface area contributed by atoms with Gasteiger partial charge in [0.1, 0.15) is 78.3 Å². The summed E-state index contributed by atoms with van der Waals surface area (Å²) in [6.07, 6.45) is 3.45. The van der Waals surface area contributed by atoms with Crippen molar-refractivity contribution >= 4 is 124 Å². The second-order valence-corrected chi connectivity index (χ2v) is 34.8. The molecule has 13 amide bonds. The Balaban J connectivity index is 0.862. The summed E-state index contributed by atoms with van der Waals surface area (Å²) in [6.45, 7) is -0.723. The van der Waals surface area contributed by atoms with E-state index in [2.05, 4.69) is 63.8 Å². The minimum atomic E-state index is -1.72. The summed E-state index contributed by atoms with van der Waals surface area (Å²) in [7, 11) is 0. The second kappa shape index (κ2) is 48.6. The molecule has 0 radical (unpaired) electrons. The van der Waals surface area contributed by atoms with Gasteiger partial charge in [-0.25, -0.2) is 4.79 Å². The second-order valence-electron chi connectivity index (χ2n) is 32.8. The molecule has 4 aromatic rings. The number of carboxylic acids is 1. The number of hydrogen-bond donors (Lipinski definition) is 23. The lowest BCUT2D eigenvalue weighted by Gasteiger charge is -2.42. The van der Waals surface area contributed by atoms with Crippen LogP contribution in [0.25, 0.3) is 0 Å². The van der Waals surface area contributed by atoms with Gasteiger partial charge in [0, 0.05) is 75.9 Å². The van der Waals surface area contributed by atoms with E-state index in [1.165, 1.54) is 56.9 Å². The predicted molar refractivity (Wildman–Crippen MR) is 474 cm³/mol. The average Bonchev–Trinajstić information content (AvgIpc) is 1.57. The molecule has 43 heteroatoms. The van der Waals surface area contributed by atoms with Crippen LogP contribution in [0.1, 0.15) is 130 Å². The third kappa shape index (κ3) is 28.6. The summed E-state index contributed by atoms with van der Waals surface area (Å²) in [5, 5.41) is 98.7. The van der Waals surface area contributed by atoms with Crippen LogP contribution >= 0.6 is 23.1 Å². The van der Waals surface area contributed by atoms with Crippen LogP contribution in [-0.4, -0.2) is 289 Å². The van der Waals surface area contributed by atoms with Crippen molar-refractivity contribution in [2.45, 2.75) is 226 Å². The highest BCUT2D eigenvalue weighted by molar-refractivity contribution is 7.98. The summed E-state index contributed by atoms with van der Waals surface area (Å²) in [5.41, 5.74) is 25.5. The van der Waals surface area contributed by atoms with Gasteiger partial charge in [-0.2, -0.15) is 11.8 Å². The topological polar surface area (TPSA) is 653 Å². The molecule has 4 aliphatic heterocycles. The molecular formula is C85H121N23O18S2. The van der Waals surface area contributed by atoms with Crippen LogP contribution in [0.3, 0.4) is 0 Å². The SMILES string of the molecule is CSCC[C@H](NC(=O)[C@H](Cc1ccccc1)NC(=O)[C@H](C)NC(=O)[C@@H](N)Cc1ccc(O)cc1)C(=O)N[C@H](CCCNC(=N)N)C(=O)N[C@@H](CCCNC(=N)N)C(=O)N1CCC[C@H]1C(=O)N1CC(O)CC1C(=O)NCC(=O)NC(Cc1cccs1)C(=O)N[C@@H](CO)C(=O)N1Cc2ccccc2C[C@@H]1C(=O)N1C(C(=O)N[C@@H](CCCNC(=N)N)C(=O)O)CC2CCCCC21. The molecule has 0 spiro atoms. The number of thioether (sulfide) groups is 1. The lowest BCUT2D eigenvalue weighted by molar-refractivity contribution is -0.153. The molecular weight excluding hydrogens is 1700 g/mol. The molecule has 5 heterocycles. The minimum absolute atomic E-state index is 0.00202. The number of rotatable bonds is 45. The summed E-state index contributed by atoms with van der Waals surface area (Å²) < 4.78 is 0. The predicted octanol–water partition coefficient (Wildman–Crippen LogP) is -3.49. The van der Waals surface area contributed by atoms with Crippen LogP contribution in [0, 0.1) is 22.1 Å². The van der Waals surface area contributed by atoms with E-state index in [9.17, 15) is 68.4 Å². The zero-order valence-corrected chi connectivity index (χ0v) is 73.3. The minimum Gasteiger partial charge on any atom is -0.508 e. The van der Waals surface area contributed by atoms with Gasteiger partial charge in [0.05, 0.1) is 25.3 Å². The van der Waals surface area contributed by atoms with Gasteiger partial charge in [0.15, 0.2) is 17.9 Å². The van der Waals surface area contributed by atoms with Crippen LogP contribution in [0.5, 0.6) is 5.75 Å². The molecule has 3 saturated heterocycles. The fourth-order valence-corrected chi connectivity index (χ4v) is 18.1. The van der Waals surface area contributed by atoms with Crippen molar-refractivity contribution in [2.24, 2.45) is 28.9 Å². The fraction of sp³-hybridized carbons (Fsp3) is 0.541. The first-order valence-electron chi connectivity index (χ1n) is 43.1. The molecule has 27 N–H and O–H groups in total. The average molecular weight is 1820 g/mol. The van der Waals surface area contributed by atoms with Crippen LogP contribution in [0.15, 0.2) is 96.4 Å². The Kier molecular flexibility index (Phi) is 37.8. The highest BCUT2D eigenvalue weighted by Crippen LogP contribution is 2.42. The molecule has 0 bridgehead atoms. The normalized spacial score (nSPS) is 20.2. The Labute approximate surface area is 749 Å². The summed E-state index contributed by atoms with van der Waals surface area (Å²) in [4.78, 5) is 208. The Hall–Kier alpha value is -12.2. The number of aliphatic hydroxyl groups excluding tert-OH is 2. The van der Waals surface area contributed by atoms with E-state index in [4.69, 9.17) is 39.2 Å². The number of likely N-dealkylation sites (tertiary alicyclic amines) is 3. The number of carbonyl (C=O) groups excluding carboxylic acids is 13. The van der Waals surface area contributed by atoms with Gasteiger partial charge in [-0.15, -0.1) is 11.3 Å². The van der Waals surface area contributed by atoms with E-state index in [0.29, 0.717) is 40.2 Å². The van der Waals surface area contributed by atoms with E-state index in [-0.39, 0.29) is 159 Å². The van der Waals surface area contributed by atoms with Crippen molar-refractivity contribution in [1.82, 2.24) is 83.4 Å². The number of thiophene rings is 1. The van der Waals surface area contributed by atoms with Crippen molar-refractivity contribution in [3.8, 4) is 5.75 Å². The number of hydrogen-bond acceptors (Lipinski definition) is 23. The highest BCUT2D eigenvalue weighted by Gasteiger charge is 2.53. The third-order valence-electron chi connectivity index (χ3n) is 23.5. The van der Waals surface area contributed by atoms with Gasteiger partial charge in [-0.05, 0) is 154 Å². The maximum Gasteiger partial charge on any atom is 0.326 e. The Morgan fingerprint density at radius 1 is 0.523 bits per heavy atom. The summed E-state index contributed by atoms with van der Waals surface area (Å²) in [5.74, 6) is -12.6. The van der Waals surface area contributed by atoms with Gasteiger partial charge in [-0.1, -0.05) is 85.6 Å². The molecule has 41 nitrogen and oxygen atoms in total. The lowest BCUT2D eigenvalue weighted by Crippen LogP contribution is -2.63. The van der Waals surface area contributed by atoms with E-state index in [1.54, 1.807) is 90.5 Å². The van der Waals surface area contributed by atoms with Crippen LogP contribution in [0.4, 0.5) is 0 Å². The number of carbonyl (C=O) groups is 14. The van der Waals surface area contributed by atoms with Crippen molar-refractivity contribution in [3.05, 3.63) is 124 Å². The molecule has 1 aliphatic carbocycles. The van der Waals surface area contributed by atoms with Gasteiger partial charge in [0.2, 0.25) is 76.8 Å². The van der Waals surface area contributed by atoms with E-state index < -0.39 is 193 Å². The number of aliphatic carboxylic acids is 1. The largest absolute Gasteiger partial charge is 0.508 e. The third-order valence-corrected chi connectivity index (χ3v) is 25.0. The quantitative estimate of drug-likeness (QED) is 0.0116. The number of nitrogens with two attached hydrogens (primary N) is 4. The lowest BCUT2D eigenvalue weighted by atomic mass is 9.84. The number of guanidine groups is 3. The Morgan fingerprint density at radius 3 is 1.70 bits per heavy atom. The number of benzene rings is 3. The number of phenols is 1. The van der Waals surface area contributed by atoms with E-state index >= 15 is 19.2 Å². The maximum atomic E-state index is 15.5. The first-order chi connectivity index (χ1) is 61.2. The van der Waals surface area contributed by atoms with E-state index in [0.717, 1.165) is 23.3 Å². The van der Waals surface area contributed by atoms with Crippen molar-refractivity contribution in [2.75, 3.05) is 57.9 Å². The Morgan fingerprint density at radius 2 is 1.09 bits per heavy atom. The number of nitrogens with one attached hydrogen (secondary N) is 15. The van der Waals surface area contributed by atoms with Crippen molar-refractivity contribution in [3.63, 3.8) is 0 Å². The molecule has 1 aromatic heterocycles. The molecule has 1 saturated carbocycles. The molecule has 128 heavy (non-hydrogen) atoms. The van der Waals surface area contributed by atoms with Crippen LogP contribution in [-0.2, 0) is 99.4 Å². The number of amides is 13. The van der Waals surface area contributed by atoms with Gasteiger partial charge in [-0.3, -0.25) is 78.6 Å². The first kappa shape index (κ1) is 99.6. The molecule has 5 aliphatic rings. The number of aromatic hydroxyl groups is 1. The smallest absolute Gasteiger partial charge is 0.326 e. The van der Waals surface area contributed by atoms with Gasteiger partial charge >= 0.3 is 5.97 Å². The number of aliphatic hydroxyl groups is 2. The molecule has 16 atom stereocenters. The fourth-order valence-electron chi connectivity index (χ4n) is 16.9. The zero-order valence-electron chi connectivity index (χ0n) is 71.7. The maximum absolute atomic E-state index is 15.5. The number of β-amino-alcohol motifs (C(OH)–C–C–N with tert-alkyl or cyclic N) is 1. The Bertz CT molecular complexity index is 4580. The number of phenolic OH excluding ortho intramolecular Hbond substituents is 1. The van der Waals surface area contributed by atoms with Crippen molar-refractivity contribution < 1.29 is 87.5 Å². The summed E-state index contributed by atoms with van der Waals surface area (Å²) in [6, 6.07) is 7.21. The molecule has 9 rings (SSSR count). The number of carboxylic acid groups (broad SMARTS) is 1. The standard InChI is InChI=1S/C85H121N23O18S2/c1-47(97-71(114)56(86)37-49-26-28-53(110)29-27-49)70(113)103-61(38-48-15-4-3-5-16-48)74(117)100-58(30-36-127-2)73(116)99-57(21-10-31-93-83(87)88)72(115)101-59(22-11-32-94-84(89)90)78(121)105-34-13-25-65(105)80(123)107-45-54(111)41-66(107)76(119)96-43-69(112)98-62(42-55-20-14-35-128-55)75(118)104-63(46-109)79(122)106-44-52-19-7-6-17-50(52)39-68(106)81(124)108-64-24-9-8-18-51(64)40-67(108)77(120)102-60(82(125)126)23-12-33-95-85(91)92/h3-7,14-17,19-20,26-29,35,47,51,54,56-68,109-111H,8-13,18,21-25,30-34,36-46,86H2,1-2H3,(H,96,119)(H,97,114)(H,98,112)(H,99,116)(H,100,117)(H,101,115)(H,102,120)(H,103,113)(H,104,118)(H,125,126)(H4,87,88,93)(H4,89,90,94)(H4,91,92,95)/t47-,51?,54?,56-,57+,58-,59-,60-,61-,62?,63-,64?,65-,66?,67?,68+/m0/s1. The molecule has 4 fully saturated rings. The zero-order chi connectivity index (χ0) is 92.8. The van der Waals surface area contributed by atoms with Crippen LogP contribution in [0.2, 0.25) is 0 Å². The van der Waals surface area contributed by atoms with Crippen LogP contribution < -0.4 is 86.7 Å². The number of fused-ring (bicyclic) bond motifs is 2. The highest BCUT2D eigenvalue weighted by atomic mass is 32.2. The molecule has 696 valence electrons. The van der Waals surface area contributed by atoms with E-state index in [1.807, 2.05) is 0 Å². The molecule has 3 aromatic carbocycles. The van der Waals surface area contributed by atoms with Crippen molar-refractivity contribution in [1.29, 1.82) is 16.2 Å². The molecule has 6 unspecified atom stereocenters. The van der Waals surface area contributed by atoms with Gasteiger partial charge < -0.3 is 127 Å². The number of nitrogens with zero attached hydrogens (tertiary/aromatic N) is 4. The van der Waals surface area contributed by atoms with Gasteiger partial charge in [0.25, 0.3) is 0 Å². The monoisotopic (exact) mass is 1820 g/mol. The summed E-state index contributed by atoms with van der Waals surface area (Å²) >= 11 is 2.58. The first-order valence-corrected chi connectivity index (χ1v) is 45.3.